The average molecular weight is 408 g/mol. The van der Waals surface area contributed by atoms with Crippen LogP contribution in [0.5, 0.6) is 0 Å². The third-order valence-corrected chi connectivity index (χ3v) is 5.73. The standard InChI is InChI=1S/C25H28O5/c1-4-15-30-23(28)25(29)14-13-24(2,3)20-12-9-18(16-21(20)25)6-5-17-7-10-19(11-8-17)22(26)27/h5-12,16,29H,4,13-15H2,1-3H3,(H,26,27). The fraction of sp³-hybridized carbons (Fsp3) is 0.360. The van der Waals surface area contributed by atoms with Crippen LogP contribution in [0, 0.1) is 0 Å². The number of ether oxygens (including phenoxy) is 1. The number of aliphatic hydroxyl groups is 1. The summed E-state index contributed by atoms with van der Waals surface area (Å²) in [7, 11) is 0. The van der Waals surface area contributed by atoms with Gasteiger partial charge in [0.15, 0.2) is 5.60 Å². The summed E-state index contributed by atoms with van der Waals surface area (Å²) in [5.41, 5.74) is 1.69. The van der Waals surface area contributed by atoms with E-state index < -0.39 is 17.5 Å². The highest BCUT2D eigenvalue weighted by atomic mass is 16.5. The van der Waals surface area contributed by atoms with Crippen LogP contribution in [0.4, 0.5) is 0 Å². The van der Waals surface area contributed by atoms with Crippen LogP contribution < -0.4 is 0 Å². The van der Waals surface area contributed by atoms with Gasteiger partial charge in [0.05, 0.1) is 12.2 Å². The molecular formula is C25H28O5. The summed E-state index contributed by atoms with van der Waals surface area (Å²) in [6.07, 6.45) is 5.46. The van der Waals surface area contributed by atoms with E-state index in [9.17, 15) is 14.7 Å². The van der Waals surface area contributed by atoms with Crippen molar-refractivity contribution in [2.45, 2.75) is 51.0 Å². The van der Waals surface area contributed by atoms with Gasteiger partial charge < -0.3 is 14.9 Å². The number of benzene rings is 2. The maximum absolute atomic E-state index is 12.7. The lowest BCUT2D eigenvalue weighted by Crippen LogP contribution is -2.44. The van der Waals surface area contributed by atoms with E-state index in [-0.39, 0.29) is 17.6 Å². The molecule has 2 N–H and O–H groups in total. The lowest BCUT2D eigenvalue weighted by molar-refractivity contribution is -0.169. The zero-order chi connectivity index (χ0) is 21.9. The number of esters is 1. The van der Waals surface area contributed by atoms with Crippen molar-refractivity contribution in [3.8, 4) is 0 Å². The number of hydrogen-bond acceptors (Lipinski definition) is 4. The van der Waals surface area contributed by atoms with E-state index in [2.05, 4.69) is 13.8 Å². The lowest BCUT2D eigenvalue weighted by Gasteiger charge is -2.41. The molecule has 0 spiro atoms. The molecule has 0 saturated carbocycles. The van der Waals surface area contributed by atoms with Crippen molar-refractivity contribution in [2.75, 3.05) is 6.61 Å². The molecule has 30 heavy (non-hydrogen) atoms. The van der Waals surface area contributed by atoms with E-state index in [1.165, 1.54) is 0 Å². The van der Waals surface area contributed by atoms with Gasteiger partial charge in [-0.15, -0.1) is 0 Å². The molecule has 1 aliphatic carbocycles. The van der Waals surface area contributed by atoms with Crippen molar-refractivity contribution in [1.29, 1.82) is 0 Å². The number of carbonyl (C=O) groups excluding carboxylic acids is 1. The molecule has 5 heteroatoms. The Labute approximate surface area is 177 Å². The number of carboxylic acids is 1. The fourth-order valence-electron chi connectivity index (χ4n) is 3.82. The van der Waals surface area contributed by atoms with E-state index in [4.69, 9.17) is 9.84 Å². The number of aromatic carboxylic acids is 1. The Morgan fingerprint density at radius 1 is 1.00 bits per heavy atom. The minimum absolute atomic E-state index is 0.151. The van der Waals surface area contributed by atoms with Gasteiger partial charge >= 0.3 is 11.9 Å². The van der Waals surface area contributed by atoms with Gasteiger partial charge in [-0.1, -0.05) is 57.2 Å². The first kappa shape index (κ1) is 21.8. The predicted octanol–water partition coefficient (Wildman–Crippen LogP) is 4.77. The SMILES string of the molecule is CCCOC(=O)C1(O)CCC(C)(C)c2ccc(C=Cc3ccc(C(=O)O)cc3)cc21. The molecule has 2 aromatic rings. The Hall–Kier alpha value is -2.92. The summed E-state index contributed by atoms with van der Waals surface area (Å²) >= 11 is 0. The van der Waals surface area contributed by atoms with E-state index in [1.807, 2.05) is 37.3 Å². The van der Waals surface area contributed by atoms with Crippen LogP contribution in [0.2, 0.25) is 0 Å². The summed E-state index contributed by atoms with van der Waals surface area (Å²) in [5.74, 6) is -1.55. The maximum atomic E-state index is 12.7. The molecule has 0 saturated heterocycles. The summed E-state index contributed by atoms with van der Waals surface area (Å²) < 4.78 is 5.30. The Kier molecular flexibility index (Phi) is 6.13. The highest BCUT2D eigenvalue weighted by Gasteiger charge is 2.47. The Morgan fingerprint density at radius 3 is 2.27 bits per heavy atom. The van der Waals surface area contributed by atoms with Gasteiger partial charge in [0.25, 0.3) is 0 Å². The van der Waals surface area contributed by atoms with Crippen LogP contribution in [0.3, 0.4) is 0 Å². The molecule has 0 radical (unpaired) electrons. The molecule has 1 aliphatic rings. The third-order valence-electron chi connectivity index (χ3n) is 5.73. The summed E-state index contributed by atoms with van der Waals surface area (Å²) in [6.45, 7) is 6.43. The largest absolute Gasteiger partial charge is 0.478 e. The molecule has 0 fully saturated rings. The summed E-state index contributed by atoms with van der Waals surface area (Å²) in [5, 5.41) is 20.3. The number of hydrogen-bond donors (Lipinski definition) is 2. The number of carbonyl (C=O) groups is 2. The average Bonchev–Trinajstić information content (AvgIpc) is 2.73. The third kappa shape index (κ3) is 4.31. The molecule has 3 rings (SSSR count). The molecule has 0 aliphatic heterocycles. The van der Waals surface area contributed by atoms with Crippen molar-refractivity contribution in [1.82, 2.24) is 0 Å². The predicted molar refractivity (Wildman–Crippen MR) is 116 cm³/mol. The van der Waals surface area contributed by atoms with E-state index >= 15 is 0 Å². The first-order chi connectivity index (χ1) is 14.2. The van der Waals surface area contributed by atoms with Gasteiger partial charge in [-0.3, -0.25) is 0 Å². The molecule has 5 nitrogen and oxygen atoms in total. The van der Waals surface area contributed by atoms with Crippen molar-refractivity contribution in [3.05, 3.63) is 70.3 Å². The second-order valence-corrected chi connectivity index (χ2v) is 8.45. The number of fused-ring (bicyclic) bond motifs is 1. The quantitative estimate of drug-likeness (QED) is 0.531. The maximum Gasteiger partial charge on any atom is 0.342 e. The summed E-state index contributed by atoms with van der Waals surface area (Å²) in [4.78, 5) is 23.7. The Balaban J connectivity index is 1.95. The van der Waals surface area contributed by atoms with Crippen molar-refractivity contribution in [2.24, 2.45) is 0 Å². The molecule has 0 aromatic heterocycles. The van der Waals surface area contributed by atoms with E-state index in [1.54, 1.807) is 24.3 Å². The van der Waals surface area contributed by atoms with Crippen LogP contribution in [-0.4, -0.2) is 28.8 Å². The molecule has 0 amide bonds. The van der Waals surface area contributed by atoms with Crippen LogP contribution in [0.1, 0.15) is 72.6 Å². The van der Waals surface area contributed by atoms with E-state index in [0.29, 0.717) is 24.8 Å². The molecule has 0 heterocycles. The molecular weight excluding hydrogens is 380 g/mol. The van der Waals surface area contributed by atoms with Gasteiger partial charge in [0.2, 0.25) is 0 Å². The Bertz CT molecular complexity index is 972. The highest BCUT2D eigenvalue weighted by Crippen LogP contribution is 2.45. The molecule has 1 unspecified atom stereocenters. The zero-order valence-corrected chi connectivity index (χ0v) is 17.6. The number of rotatable bonds is 6. The number of carboxylic acid groups (broad SMARTS) is 1. The second-order valence-electron chi connectivity index (χ2n) is 8.45. The minimum atomic E-state index is -1.65. The lowest BCUT2D eigenvalue weighted by atomic mass is 9.66. The van der Waals surface area contributed by atoms with E-state index in [0.717, 1.165) is 16.7 Å². The van der Waals surface area contributed by atoms with Crippen molar-refractivity contribution < 1.29 is 24.5 Å². The van der Waals surface area contributed by atoms with Gasteiger partial charge in [0, 0.05) is 0 Å². The first-order valence-corrected chi connectivity index (χ1v) is 10.2. The van der Waals surface area contributed by atoms with Crippen LogP contribution in [-0.2, 0) is 20.5 Å². The Morgan fingerprint density at radius 2 is 1.63 bits per heavy atom. The highest BCUT2D eigenvalue weighted by molar-refractivity contribution is 5.88. The fourth-order valence-corrected chi connectivity index (χ4v) is 3.82. The molecule has 0 bridgehead atoms. The van der Waals surface area contributed by atoms with Crippen molar-refractivity contribution in [3.63, 3.8) is 0 Å². The normalized spacial score (nSPS) is 20.0. The van der Waals surface area contributed by atoms with Gasteiger partial charge in [-0.05, 0) is 65.1 Å². The van der Waals surface area contributed by atoms with Crippen LogP contribution in [0.15, 0.2) is 42.5 Å². The molecule has 158 valence electrons. The van der Waals surface area contributed by atoms with Crippen LogP contribution >= 0.6 is 0 Å². The molecule has 2 aromatic carbocycles. The van der Waals surface area contributed by atoms with Crippen molar-refractivity contribution >= 4 is 24.1 Å². The van der Waals surface area contributed by atoms with Gasteiger partial charge in [-0.2, -0.15) is 0 Å². The van der Waals surface area contributed by atoms with Gasteiger partial charge in [-0.25, -0.2) is 9.59 Å². The van der Waals surface area contributed by atoms with Gasteiger partial charge in [0.1, 0.15) is 0 Å². The second kappa shape index (κ2) is 8.44. The smallest absolute Gasteiger partial charge is 0.342 e. The first-order valence-electron chi connectivity index (χ1n) is 10.2. The minimum Gasteiger partial charge on any atom is -0.478 e. The zero-order valence-electron chi connectivity index (χ0n) is 17.6. The summed E-state index contributed by atoms with van der Waals surface area (Å²) in [6, 6.07) is 12.4. The monoisotopic (exact) mass is 408 g/mol. The van der Waals surface area contributed by atoms with Crippen LogP contribution in [0.25, 0.3) is 12.2 Å². The topological polar surface area (TPSA) is 83.8 Å². The molecule has 1 atom stereocenters.